The maximum Gasteiger partial charge on any atom is 0.335 e. The molecule has 0 bridgehead atoms. The molecule has 0 amide bonds. The zero-order valence-corrected chi connectivity index (χ0v) is 25.5. The number of aromatic carboxylic acids is 4. The molecule has 0 aliphatic rings. The number of carbonyl (C=O) groups is 4. The van der Waals surface area contributed by atoms with Gasteiger partial charge in [0.25, 0.3) is 0 Å². The predicted molar refractivity (Wildman–Crippen MR) is 185 cm³/mol. The monoisotopic (exact) mass is 647 g/mol. The lowest BCUT2D eigenvalue weighted by Crippen LogP contribution is -1.95. The SMILES string of the molecule is O=C(O)c1ccc(-c2cc(-c3ccc(C(=O)O)cc3)c3[nH]c4c(-c5ccc(C(=O)O)cc5)cc(-c5ccc(C(=O)O)cc5)cc4c3c2)cc1. The van der Waals surface area contributed by atoms with E-state index in [0.29, 0.717) is 0 Å². The second kappa shape index (κ2) is 12.0. The second-order valence-electron chi connectivity index (χ2n) is 11.5. The van der Waals surface area contributed by atoms with Crippen molar-refractivity contribution in [3.8, 4) is 44.5 Å². The Labute approximate surface area is 278 Å². The molecule has 0 fully saturated rings. The van der Waals surface area contributed by atoms with Gasteiger partial charge in [0.05, 0.1) is 33.3 Å². The van der Waals surface area contributed by atoms with Gasteiger partial charge in [-0.05, 0) is 106 Å². The van der Waals surface area contributed by atoms with Gasteiger partial charge in [0.15, 0.2) is 0 Å². The Hall–Kier alpha value is -7.00. The van der Waals surface area contributed by atoms with Crippen molar-refractivity contribution in [2.45, 2.75) is 0 Å². The Morgan fingerprint density at radius 2 is 0.612 bits per heavy atom. The summed E-state index contributed by atoms with van der Waals surface area (Å²) in [6.45, 7) is 0. The first kappa shape index (κ1) is 30.6. The van der Waals surface area contributed by atoms with Crippen LogP contribution in [0, 0.1) is 0 Å². The first-order chi connectivity index (χ1) is 23.6. The summed E-state index contributed by atoms with van der Waals surface area (Å²) in [7, 11) is 0. The molecule has 6 aromatic carbocycles. The van der Waals surface area contributed by atoms with Gasteiger partial charge >= 0.3 is 23.9 Å². The lowest BCUT2D eigenvalue weighted by Gasteiger charge is -2.10. The van der Waals surface area contributed by atoms with Crippen LogP contribution in [0.5, 0.6) is 0 Å². The molecule has 9 heteroatoms. The van der Waals surface area contributed by atoms with Crippen molar-refractivity contribution < 1.29 is 39.6 Å². The number of benzene rings is 6. The molecule has 7 aromatic rings. The average Bonchev–Trinajstić information content (AvgIpc) is 3.49. The molecule has 5 N–H and O–H groups in total. The number of aromatic amines is 1. The van der Waals surface area contributed by atoms with Crippen LogP contribution in [0.2, 0.25) is 0 Å². The van der Waals surface area contributed by atoms with E-state index in [9.17, 15) is 39.6 Å². The van der Waals surface area contributed by atoms with Crippen molar-refractivity contribution in [1.82, 2.24) is 4.98 Å². The summed E-state index contributed by atoms with van der Waals surface area (Å²) >= 11 is 0. The molecule has 1 heterocycles. The molecular weight excluding hydrogens is 622 g/mol. The largest absolute Gasteiger partial charge is 0.478 e. The van der Waals surface area contributed by atoms with Crippen molar-refractivity contribution >= 4 is 45.7 Å². The topological polar surface area (TPSA) is 165 Å². The van der Waals surface area contributed by atoms with E-state index in [1.807, 2.05) is 24.3 Å². The van der Waals surface area contributed by atoms with Crippen LogP contribution >= 0.6 is 0 Å². The van der Waals surface area contributed by atoms with E-state index in [1.165, 1.54) is 48.5 Å². The number of aromatic nitrogens is 1. The number of fused-ring (bicyclic) bond motifs is 3. The van der Waals surface area contributed by atoms with E-state index in [0.717, 1.165) is 66.3 Å². The Bertz CT molecular complexity index is 2280. The van der Waals surface area contributed by atoms with Gasteiger partial charge in [-0.15, -0.1) is 0 Å². The normalized spacial score (nSPS) is 11.1. The summed E-state index contributed by atoms with van der Waals surface area (Å²) in [5, 5.41) is 39.6. The summed E-state index contributed by atoms with van der Waals surface area (Å²) < 4.78 is 0. The van der Waals surface area contributed by atoms with E-state index in [4.69, 9.17) is 0 Å². The minimum atomic E-state index is -1.04. The van der Waals surface area contributed by atoms with Crippen LogP contribution in [0.15, 0.2) is 121 Å². The van der Waals surface area contributed by atoms with Crippen molar-refractivity contribution in [3.63, 3.8) is 0 Å². The Morgan fingerprint density at radius 1 is 0.347 bits per heavy atom. The van der Waals surface area contributed by atoms with E-state index in [-0.39, 0.29) is 22.3 Å². The molecule has 0 radical (unpaired) electrons. The van der Waals surface area contributed by atoms with Gasteiger partial charge in [-0.25, -0.2) is 19.2 Å². The quantitative estimate of drug-likeness (QED) is 0.109. The van der Waals surface area contributed by atoms with E-state index in [2.05, 4.69) is 4.98 Å². The van der Waals surface area contributed by atoms with E-state index < -0.39 is 23.9 Å². The van der Waals surface area contributed by atoms with Gasteiger partial charge < -0.3 is 25.4 Å². The lowest BCUT2D eigenvalue weighted by atomic mass is 9.92. The van der Waals surface area contributed by atoms with Crippen molar-refractivity contribution in [2.24, 2.45) is 0 Å². The summed E-state index contributed by atoms with van der Waals surface area (Å²) in [5.41, 5.74) is 8.33. The number of rotatable bonds is 8. The summed E-state index contributed by atoms with van der Waals surface area (Å²) in [6.07, 6.45) is 0. The van der Waals surface area contributed by atoms with Gasteiger partial charge in [-0.1, -0.05) is 48.5 Å². The fourth-order valence-electron chi connectivity index (χ4n) is 6.09. The fraction of sp³-hybridized carbons (Fsp3) is 0. The maximum absolute atomic E-state index is 11.6. The first-order valence-electron chi connectivity index (χ1n) is 15.1. The Balaban J connectivity index is 1.54. The standard InChI is InChI=1S/C40H25NO8/c42-37(43)25-9-1-21(2-10-25)29-17-31(23-5-13-27(14-6-23)39(46)47)35-33(19-29)34-20-30(22-3-11-26(12-4-22)38(44)45)18-32(36(34)41-35)24-7-15-28(16-8-24)40(48)49/h1-20,41H,(H,42,43)(H,44,45)(H,46,47)(H,48,49). The van der Waals surface area contributed by atoms with Crippen LogP contribution in [0.25, 0.3) is 66.3 Å². The number of carboxylic acid groups (broad SMARTS) is 4. The zero-order valence-electron chi connectivity index (χ0n) is 25.5. The molecule has 0 aliphatic carbocycles. The number of H-pyrrole nitrogens is 1. The minimum absolute atomic E-state index is 0.141. The number of hydrogen-bond donors (Lipinski definition) is 5. The molecule has 0 saturated carbocycles. The highest BCUT2D eigenvalue weighted by molar-refractivity contribution is 6.18. The molecule has 0 atom stereocenters. The van der Waals surface area contributed by atoms with E-state index >= 15 is 0 Å². The highest BCUT2D eigenvalue weighted by atomic mass is 16.4. The van der Waals surface area contributed by atoms with Crippen molar-refractivity contribution in [1.29, 1.82) is 0 Å². The molecule has 49 heavy (non-hydrogen) atoms. The summed E-state index contributed by atoms with van der Waals surface area (Å²) in [5.74, 6) is -4.16. The summed E-state index contributed by atoms with van der Waals surface area (Å²) in [4.78, 5) is 49.9. The predicted octanol–water partition coefficient (Wildman–Crippen LogP) is 8.78. The molecule has 0 aliphatic heterocycles. The molecular formula is C40H25NO8. The second-order valence-corrected chi connectivity index (χ2v) is 11.5. The fourth-order valence-corrected chi connectivity index (χ4v) is 6.09. The third-order valence-corrected chi connectivity index (χ3v) is 8.63. The molecule has 1 aromatic heterocycles. The van der Waals surface area contributed by atoms with Crippen LogP contribution in [-0.4, -0.2) is 49.3 Å². The highest BCUT2D eigenvalue weighted by Crippen LogP contribution is 2.42. The maximum atomic E-state index is 11.6. The Kier molecular flexibility index (Phi) is 7.49. The van der Waals surface area contributed by atoms with Crippen LogP contribution in [0.3, 0.4) is 0 Å². The van der Waals surface area contributed by atoms with Gasteiger partial charge in [-0.3, -0.25) is 0 Å². The molecule has 7 rings (SSSR count). The number of hydrogen-bond acceptors (Lipinski definition) is 4. The number of carboxylic acids is 4. The third kappa shape index (κ3) is 5.66. The molecule has 0 saturated heterocycles. The zero-order chi connectivity index (χ0) is 34.4. The Morgan fingerprint density at radius 3 is 0.878 bits per heavy atom. The highest BCUT2D eigenvalue weighted by Gasteiger charge is 2.19. The van der Waals surface area contributed by atoms with Crippen LogP contribution in [0.4, 0.5) is 0 Å². The molecule has 0 unspecified atom stereocenters. The number of nitrogens with one attached hydrogen (secondary N) is 1. The average molecular weight is 648 g/mol. The van der Waals surface area contributed by atoms with Gasteiger partial charge in [-0.2, -0.15) is 0 Å². The first-order valence-corrected chi connectivity index (χ1v) is 15.1. The van der Waals surface area contributed by atoms with Crippen LogP contribution in [-0.2, 0) is 0 Å². The van der Waals surface area contributed by atoms with E-state index in [1.54, 1.807) is 48.5 Å². The lowest BCUT2D eigenvalue weighted by molar-refractivity contribution is 0.0686. The summed E-state index contributed by atoms with van der Waals surface area (Å²) in [6, 6.07) is 34.2. The van der Waals surface area contributed by atoms with Crippen LogP contribution < -0.4 is 0 Å². The van der Waals surface area contributed by atoms with Gasteiger partial charge in [0.1, 0.15) is 0 Å². The van der Waals surface area contributed by atoms with Crippen molar-refractivity contribution in [3.05, 3.63) is 144 Å². The van der Waals surface area contributed by atoms with Gasteiger partial charge in [0, 0.05) is 21.9 Å². The smallest absolute Gasteiger partial charge is 0.335 e. The molecule has 9 nitrogen and oxygen atoms in total. The van der Waals surface area contributed by atoms with Gasteiger partial charge in [0.2, 0.25) is 0 Å². The molecule has 0 spiro atoms. The minimum Gasteiger partial charge on any atom is -0.478 e. The molecule has 238 valence electrons. The van der Waals surface area contributed by atoms with Crippen molar-refractivity contribution in [2.75, 3.05) is 0 Å². The third-order valence-electron chi connectivity index (χ3n) is 8.63. The van der Waals surface area contributed by atoms with Crippen LogP contribution in [0.1, 0.15) is 41.4 Å².